The van der Waals surface area contributed by atoms with Crippen LogP contribution in [0.5, 0.6) is 0 Å². The van der Waals surface area contributed by atoms with Gasteiger partial charge in [-0.05, 0) is 24.3 Å². The largest absolute Gasteiger partial charge is 0.460 e. The van der Waals surface area contributed by atoms with Gasteiger partial charge in [0.1, 0.15) is 11.3 Å². The molecule has 4 rings (SSSR count). The fourth-order valence-electron chi connectivity index (χ4n) is 3.09. The summed E-state index contributed by atoms with van der Waals surface area (Å²) in [6.45, 7) is 3.75. The van der Waals surface area contributed by atoms with Crippen molar-refractivity contribution in [2.24, 2.45) is 0 Å². The van der Waals surface area contributed by atoms with Crippen molar-refractivity contribution in [3.63, 3.8) is 0 Å². The van der Waals surface area contributed by atoms with E-state index in [2.05, 4.69) is 15.5 Å². The predicted octanol–water partition coefficient (Wildman–Crippen LogP) is 5.01. The lowest BCUT2D eigenvalue weighted by atomic mass is 10.1. The molecule has 6 nitrogen and oxygen atoms in total. The molecule has 1 amide bonds. The molecule has 4 aromatic rings. The molecule has 140 valence electrons. The molecule has 0 bridgehead atoms. The van der Waals surface area contributed by atoms with Gasteiger partial charge >= 0.3 is 0 Å². The van der Waals surface area contributed by atoms with Gasteiger partial charge in [0.25, 0.3) is 0 Å². The number of hydrogen-bond donors (Lipinski definition) is 1. The quantitative estimate of drug-likeness (QED) is 0.498. The smallest absolute Gasteiger partial charge is 0.248 e. The van der Waals surface area contributed by atoms with Crippen molar-refractivity contribution < 1.29 is 13.7 Å². The summed E-state index contributed by atoms with van der Waals surface area (Å²) in [6, 6.07) is 15.1. The third kappa shape index (κ3) is 3.44. The highest BCUT2D eigenvalue weighted by Gasteiger charge is 2.13. The van der Waals surface area contributed by atoms with E-state index >= 15 is 0 Å². The molecule has 0 aliphatic rings. The van der Waals surface area contributed by atoms with Gasteiger partial charge in [0.05, 0.1) is 5.69 Å². The van der Waals surface area contributed by atoms with E-state index in [0.717, 1.165) is 28.7 Å². The van der Waals surface area contributed by atoms with Crippen molar-refractivity contribution in [2.75, 3.05) is 5.32 Å². The number of carbonyl (C=O) groups excluding carboxylic acids is 1. The van der Waals surface area contributed by atoms with Gasteiger partial charge in [-0.15, -0.1) is 0 Å². The SMILES string of the molecule is CCc1oc2ccccc2c1/C=C/C(=O)Nc1ccccc1-c1noc(C)n1. The molecular formula is C22H19N3O3. The maximum atomic E-state index is 12.5. The summed E-state index contributed by atoms with van der Waals surface area (Å²) < 4.78 is 10.9. The number of aromatic nitrogens is 2. The van der Waals surface area contributed by atoms with Crippen LogP contribution in [0.3, 0.4) is 0 Å². The number of benzene rings is 2. The Morgan fingerprint density at radius 2 is 1.93 bits per heavy atom. The summed E-state index contributed by atoms with van der Waals surface area (Å²) in [5.41, 5.74) is 3.06. The van der Waals surface area contributed by atoms with Crippen molar-refractivity contribution >= 4 is 28.6 Å². The van der Waals surface area contributed by atoms with Gasteiger partial charge in [0.2, 0.25) is 17.6 Å². The number of rotatable bonds is 5. The minimum Gasteiger partial charge on any atom is -0.460 e. The zero-order valence-corrected chi connectivity index (χ0v) is 15.6. The average Bonchev–Trinajstić information content (AvgIpc) is 3.30. The lowest BCUT2D eigenvalue weighted by Gasteiger charge is -2.06. The van der Waals surface area contributed by atoms with Crippen LogP contribution < -0.4 is 5.32 Å². The van der Waals surface area contributed by atoms with Crippen molar-refractivity contribution in [1.82, 2.24) is 10.1 Å². The fourth-order valence-corrected chi connectivity index (χ4v) is 3.09. The van der Waals surface area contributed by atoms with Gasteiger partial charge in [-0.1, -0.05) is 42.4 Å². The molecule has 2 heterocycles. The molecule has 0 unspecified atom stereocenters. The molecule has 2 aromatic heterocycles. The van der Waals surface area contributed by atoms with E-state index in [-0.39, 0.29) is 5.91 Å². The Hall–Kier alpha value is -3.67. The first-order chi connectivity index (χ1) is 13.7. The van der Waals surface area contributed by atoms with E-state index in [4.69, 9.17) is 8.94 Å². The number of furan rings is 1. The lowest BCUT2D eigenvalue weighted by molar-refractivity contribution is -0.111. The molecule has 0 atom stereocenters. The monoisotopic (exact) mass is 373 g/mol. The zero-order chi connectivity index (χ0) is 19.5. The topological polar surface area (TPSA) is 81.2 Å². The minimum atomic E-state index is -0.250. The van der Waals surface area contributed by atoms with E-state index in [1.54, 1.807) is 19.1 Å². The molecule has 2 aromatic carbocycles. The fraction of sp³-hybridized carbons (Fsp3) is 0.136. The van der Waals surface area contributed by atoms with E-state index in [0.29, 0.717) is 23.0 Å². The molecule has 0 aliphatic carbocycles. The predicted molar refractivity (Wildman–Crippen MR) is 108 cm³/mol. The third-order valence-electron chi connectivity index (χ3n) is 4.39. The van der Waals surface area contributed by atoms with E-state index in [1.807, 2.05) is 49.4 Å². The molecule has 0 saturated heterocycles. The Balaban J connectivity index is 1.60. The first-order valence-corrected chi connectivity index (χ1v) is 9.05. The molecule has 0 aliphatic heterocycles. The molecule has 0 fully saturated rings. The molecule has 0 saturated carbocycles. The molecule has 0 spiro atoms. The number of nitrogens with zero attached hydrogens (tertiary/aromatic N) is 2. The number of para-hydroxylation sites is 2. The number of nitrogens with one attached hydrogen (secondary N) is 1. The van der Waals surface area contributed by atoms with Crippen LogP contribution in [-0.2, 0) is 11.2 Å². The normalized spacial score (nSPS) is 11.4. The van der Waals surface area contributed by atoms with Crippen LogP contribution in [0.15, 0.2) is 63.5 Å². The standard InChI is InChI=1S/C22H19N3O3/c1-3-19-16(15-8-5-7-11-20(15)27-19)12-13-21(26)24-18-10-6-4-9-17(18)22-23-14(2)28-25-22/h4-13H,3H2,1-2H3,(H,24,26)/b13-12+. The van der Waals surface area contributed by atoms with Gasteiger partial charge in [0, 0.05) is 35.9 Å². The van der Waals surface area contributed by atoms with E-state index < -0.39 is 0 Å². The lowest BCUT2D eigenvalue weighted by Crippen LogP contribution is -2.09. The maximum Gasteiger partial charge on any atom is 0.248 e. The second-order valence-electron chi connectivity index (χ2n) is 6.29. The summed E-state index contributed by atoms with van der Waals surface area (Å²) in [5, 5.41) is 7.81. The number of carbonyl (C=O) groups is 1. The molecule has 0 radical (unpaired) electrons. The van der Waals surface area contributed by atoms with Crippen molar-refractivity contribution in [2.45, 2.75) is 20.3 Å². The van der Waals surface area contributed by atoms with Crippen LogP contribution in [-0.4, -0.2) is 16.0 Å². The van der Waals surface area contributed by atoms with Crippen LogP contribution in [0, 0.1) is 6.92 Å². The maximum absolute atomic E-state index is 12.5. The van der Waals surface area contributed by atoms with Gasteiger partial charge in [-0.3, -0.25) is 4.79 Å². The van der Waals surface area contributed by atoms with Gasteiger partial charge < -0.3 is 14.3 Å². The number of hydrogen-bond acceptors (Lipinski definition) is 5. The average molecular weight is 373 g/mol. The molecule has 28 heavy (non-hydrogen) atoms. The van der Waals surface area contributed by atoms with Gasteiger partial charge in [0.15, 0.2) is 0 Å². The Morgan fingerprint density at radius 1 is 1.14 bits per heavy atom. The summed E-state index contributed by atoms with van der Waals surface area (Å²) in [7, 11) is 0. The highest BCUT2D eigenvalue weighted by molar-refractivity contribution is 6.05. The highest BCUT2D eigenvalue weighted by atomic mass is 16.5. The summed E-state index contributed by atoms with van der Waals surface area (Å²) in [5.74, 6) is 1.51. The minimum absolute atomic E-state index is 0.250. The van der Waals surface area contributed by atoms with Crippen LogP contribution in [0.4, 0.5) is 5.69 Å². The Bertz CT molecular complexity index is 1170. The number of aryl methyl sites for hydroxylation is 2. The van der Waals surface area contributed by atoms with Gasteiger partial charge in [-0.25, -0.2) is 0 Å². The van der Waals surface area contributed by atoms with Gasteiger partial charge in [-0.2, -0.15) is 4.98 Å². The molecule has 1 N–H and O–H groups in total. The van der Waals surface area contributed by atoms with Crippen molar-refractivity contribution in [3.8, 4) is 11.4 Å². The molecular weight excluding hydrogens is 354 g/mol. The zero-order valence-electron chi connectivity index (χ0n) is 15.6. The van der Waals surface area contributed by atoms with Crippen LogP contribution in [0.2, 0.25) is 0 Å². The summed E-state index contributed by atoms with van der Waals surface area (Å²) >= 11 is 0. The second-order valence-corrected chi connectivity index (χ2v) is 6.29. The number of fused-ring (bicyclic) bond motifs is 1. The Morgan fingerprint density at radius 3 is 2.71 bits per heavy atom. The third-order valence-corrected chi connectivity index (χ3v) is 4.39. The summed E-state index contributed by atoms with van der Waals surface area (Å²) in [6.07, 6.45) is 4.05. The van der Waals surface area contributed by atoms with Crippen molar-refractivity contribution in [1.29, 1.82) is 0 Å². The first kappa shape index (κ1) is 17.7. The first-order valence-electron chi connectivity index (χ1n) is 9.05. The van der Waals surface area contributed by atoms with Crippen molar-refractivity contribution in [3.05, 3.63) is 71.8 Å². The summed E-state index contributed by atoms with van der Waals surface area (Å²) in [4.78, 5) is 16.8. The Labute approximate surface area is 161 Å². The highest BCUT2D eigenvalue weighted by Crippen LogP contribution is 2.28. The van der Waals surface area contributed by atoms with Crippen LogP contribution in [0.25, 0.3) is 28.4 Å². The second kappa shape index (κ2) is 7.52. The Kier molecular flexibility index (Phi) is 4.76. The van der Waals surface area contributed by atoms with E-state index in [1.165, 1.54) is 6.08 Å². The van der Waals surface area contributed by atoms with Crippen LogP contribution in [0.1, 0.15) is 24.1 Å². The molecule has 6 heteroatoms. The number of anilines is 1. The number of amides is 1. The van der Waals surface area contributed by atoms with E-state index in [9.17, 15) is 4.79 Å². The van der Waals surface area contributed by atoms with Crippen LogP contribution >= 0.6 is 0 Å².